The summed E-state index contributed by atoms with van der Waals surface area (Å²) in [6.07, 6.45) is 0.951. The summed E-state index contributed by atoms with van der Waals surface area (Å²) in [5.41, 5.74) is 3.64. The number of phenols is 1. The number of phenolic OH excluding ortho intramolecular Hbond substituents is 1. The second kappa shape index (κ2) is 12.7. The summed E-state index contributed by atoms with van der Waals surface area (Å²) < 4.78 is 12.4. The van der Waals surface area contributed by atoms with Gasteiger partial charge in [0.15, 0.2) is 0 Å². The molecule has 2 atom stereocenters. The topological polar surface area (TPSA) is 108 Å². The van der Waals surface area contributed by atoms with Gasteiger partial charge in [-0.2, -0.15) is 0 Å². The van der Waals surface area contributed by atoms with Gasteiger partial charge in [-0.3, -0.25) is 14.4 Å². The predicted molar refractivity (Wildman–Crippen MR) is 158 cm³/mol. The quantitative estimate of drug-likeness (QED) is 0.455. The Labute approximate surface area is 246 Å². The van der Waals surface area contributed by atoms with Gasteiger partial charge in [-0.05, 0) is 85.3 Å². The fourth-order valence-electron chi connectivity index (χ4n) is 5.52. The van der Waals surface area contributed by atoms with Crippen molar-refractivity contribution in [3.05, 3.63) is 88.5 Å². The van der Waals surface area contributed by atoms with Gasteiger partial charge >= 0.3 is 0 Å². The van der Waals surface area contributed by atoms with Crippen LogP contribution in [0.15, 0.2) is 60.7 Å². The number of likely N-dealkylation sites (tertiary alicyclic amines) is 1. The Morgan fingerprint density at radius 1 is 0.952 bits per heavy atom. The van der Waals surface area contributed by atoms with E-state index in [9.17, 15) is 19.5 Å². The van der Waals surface area contributed by atoms with Gasteiger partial charge in [0, 0.05) is 32.1 Å². The summed E-state index contributed by atoms with van der Waals surface area (Å²) >= 11 is 0. The third kappa shape index (κ3) is 6.91. The SMILES string of the molecule is Cc1cc(C(=O)N2CC[C@H]3OCc4cccc(c4)Oc4cccc(c4)CCC(=O)N(C)CC(=O)N[C@H]3C2)cc(C)c1O. The number of amides is 3. The Bertz CT molecular complexity index is 1470. The maximum Gasteiger partial charge on any atom is 0.253 e. The molecule has 4 bridgehead atoms. The van der Waals surface area contributed by atoms with Gasteiger partial charge in [-0.1, -0.05) is 24.3 Å². The van der Waals surface area contributed by atoms with E-state index in [1.165, 1.54) is 4.90 Å². The van der Waals surface area contributed by atoms with E-state index in [0.717, 1.165) is 11.1 Å². The largest absolute Gasteiger partial charge is 0.507 e. The lowest BCUT2D eigenvalue weighted by Crippen LogP contribution is -2.58. The number of rotatable bonds is 1. The minimum absolute atomic E-state index is 0.0997. The highest BCUT2D eigenvalue weighted by Gasteiger charge is 2.34. The number of nitrogens with zero attached hydrogens (tertiary/aromatic N) is 2. The molecule has 3 aromatic rings. The molecule has 42 heavy (non-hydrogen) atoms. The monoisotopic (exact) mass is 571 g/mol. The lowest BCUT2D eigenvalue weighted by molar-refractivity contribution is -0.135. The Hall–Kier alpha value is -4.37. The van der Waals surface area contributed by atoms with E-state index in [2.05, 4.69) is 5.32 Å². The van der Waals surface area contributed by atoms with Crippen LogP contribution in [0.2, 0.25) is 0 Å². The van der Waals surface area contributed by atoms with E-state index in [1.807, 2.05) is 48.5 Å². The zero-order chi connectivity index (χ0) is 29.8. The summed E-state index contributed by atoms with van der Waals surface area (Å²) in [7, 11) is 1.62. The molecule has 0 radical (unpaired) electrons. The number of nitrogens with one attached hydrogen (secondary N) is 1. The molecule has 0 spiro atoms. The maximum absolute atomic E-state index is 13.5. The fourth-order valence-corrected chi connectivity index (χ4v) is 5.52. The number of ether oxygens (including phenoxy) is 2. The van der Waals surface area contributed by atoms with Crippen molar-refractivity contribution in [1.82, 2.24) is 15.1 Å². The number of likely N-dealkylation sites (N-methyl/N-ethyl adjacent to an activating group) is 1. The molecule has 9 heteroatoms. The summed E-state index contributed by atoms with van der Waals surface area (Å²) in [6, 6.07) is 18.2. The van der Waals surface area contributed by atoms with Crippen LogP contribution in [0.1, 0.15) is 45.5 Å². The van der Waals surface area contributed by atoms with Crippen LogP contribution in [0, 0.1) is 13.8 Å². The van der Waals surface area contributed by atoms with E-state index < -0.39 is 6.04 Å². The average Bonchev–Trinajstić information content (AvgIpc) is 2.97. The Morgan fingerprint density at radius 2 is 1.62 bits per heavy atom. The van der Waals surface area contributed by atoms with Crippen molar-refractivity contribution in [2.45, 2.75) is 51.9 Å². The van der Waals surface area contributed by atoms with Crippen molar-refractivity contribution in [2.24, 2.45) is 0 Å². The Kier molecular flexibility index (Phi) is 8.77. The van der Waals surface area contributed by atoms with Crippen LogP contribution in [0.4, 0.5) is 0 Å². The molecule has 2 N–H and O–H groups in total. The van der Waals surface area contributed by atoms with Crippen LogP contribution in [-0.2, 0) is 27.4 Å². The van der Waals surface area contributed by atoms with E-state index in [0.29, 0.717) is 54.2 Å². The number of aromatic hydroxyl groups is 1. The first-order valence-electron chi connectivity index (χ1n) is 14.3. The second-order valence-electron chi connectivity index (χ2n) is 11.2. The Balaban J connectivity index is 1.38. The predicted octanol–water partition coefficient (Wildman–Crippen LogP) is 4.12. The van der Waals surface area contributed by atoms with Gasteiger partial charge in [0.2, 0.25) is 11.8 Å². The first-order chi connectivity index (χ1) is 20.2. The molecule has 3 amide bonds. The van der Waals surface area contributed by atoms with Crippen molar-refractivity contribution >= 4 is 17.7 Å². The van der Waals surface area contributed by atoms with E-state index in [-0.39, 0.29) is 49.1 Å². The third-order valence-corrected chi connectivity index (χ3v) is 7.85. The Morgan fingerprint density at radius 3 is 2.33 bits per heavy atom. The lowest BCUT2D eigenvalue weighted by Gasteiger charge is -2.39. The van der Waals surface area contributed by atoms with E-state index in [4.69, 9.17) is 9.47 Å². The number of hydrogen-bond acceptors (Lipinski definition) is 6. The molecule has 2 heterocycles. The van der Waals surface area contributed by atoms with Crippen molar-refractivity contribution in [1.29, 1.82) is 0 Å². The summed E-state index contributed by atoms with van der Waals surface area (Å²) in [4.78, 5) is 42.6. The smallest absolute Gasteiger partial charge is 0.253 e. The maximum atomic E-state index is 13.5. The molecule has 3 aromatic carbocycles. The molecule has 0 aromatic heterocycles. The van der Waals surface area contributed by atoms with Gasteiger partial charge in [0.25, 0.3) is 5.91 Å². The van der Waals surface area contributed by atoms with Gasteiger partial charge in [-0.25, -0.2) is 0 Å². The normalized spacial score (nSPS) is 20.1. The number of fused-ring (bicyclic) bond motifs is 5. The summed E-state index contributed by atoms with van der Waals surface area (Å²) in [5, 5.41) is 13.2. The highest BCUT2D eigenvalue weighted by Crippen LogP contribution is 2.27. The molecule has 1 fully saturated rings. The number of hydrogen-bond donors (Lipinski definition) is 2. The molecular formula is C33H37N3O6. The molecule has 5 rings (SSSR count). The van der Waals surface area contributed by atoms with Crippen LogP contribution >= 0.6 is 0 Å². The third-order valence-electron chi connectivity index (χ3n) is 7.85. The van der Waals surface area contributed by atoms with Crippen molar-refractivity contribution in [3.8, 4) is 17.2 Å². The molecule has 9 nitrogen and oxygen atoms in total. The van der Waals surface area contributed by atoms with Crippen molar-refractivity contribution in [3.63, 3.8) is 0 Å². The molecule has 220 valence electrons. The molecular weight excluding hydrogens is 534 g/mol. The van der Waals surface area contributed by atoms with Gasteiger partial charge in [0.1, 0.15) is 17.2 Å². The zero-order valence-corrected chi connectivity index (χ0v) is 24.3. The fraction of sp³-hybridized carbons (Fsp3) is 0.364. The molecule has 0 unspecified atom stereocenters. The summed E-state index contributed by atoms with van der Waals surface area (Å²) in [5.74, 6) is 0.910. The number of carbonyl (C=O) groups excluding carboxylic acids is 3. The minimum atomic E-state index is -0.476. The van der Waals surface area contributed by atoms with Crippen molar-refractivity contribution < 1.29 is 29.0 Å². The van der Waals surface area contributed by atoms with E-state index in [1.54, 1.807) is 37.9 Å². The summed E-state index contributed by atoms with van der Waals surface area (Å²) in [6.45, 7) is 4.43. The van der Waals surface area contributed by atoms with Crippen molar-refractivity contribution in [2.75, 3.05) is 26.7 Å². The van der Waals surface area contributed by atoms with Crippen LogP contribution in [0.3, 0.4) is 0 Å². The van der Waals surface area contributed by atoms with Gasteiger partial charge in [0.05, 0.1) is 25.3 Å². The number of piperidine rings is 1. The highest BCUT2D eigenvalue weighted by molar-refractivity contribution is 5.95. The van der Waals surface area contributed by atoms with Crippen LogP contribution in [-0.4, -0.2) is 71.5 Å². The van der Waals surface area contributed by atoms with Crippen LogP contribution in [0.25, 0.3) is 0 Å². The minimum Gasteiger partial charge on any atom is -0.507 e. The molecule has 1 saturated heterocycles. The second-order valence-corrected chi connectivity index (χ2v) is 11.2. The molecule has 0 saturated carbocycles. The number of benzene rings is 3. The lowest BCUT2D eigenvalue weighted by atomic mass is 9.99. The van der Waals surface area contributed by atoms with E-state index >= 15 is 0 Å². The molecule has 0 aliphatic carbocycles. The number of aryl methyl sites for hydroxylation is 3. The standard InChI is InChI=1S/C33H37N3O6/c1-21-14-25(15-22(2)32(21)39)33(40)36-13-12-29-28(18-36)34-30(37)19-35(3)31(38)11-10-23-6-4-8-26(16-23)42-27-9-5-7-24(17-27)20-41-29/h4-9,14-17,28-29,39H,10-13,18-20H2,1-3H3,(H,34,37)/t28-,29+/m0/s1. The first-order valence-corrected chi connectivity index (χ1v) is 14.3. The number of carbonyl (C=O) groups is 3. The zero-order valence-electron chi connectivity index (χ0n) is 24.3. The van der Waals surface area contributed by atoms with Crippen LogP contribution in [0.5, 0.6) is 17.2 Å². The average molecular weight is 572 g/mol. The molecule has 2 aliphatic rings. The first kappa shape index (κ1) is 29.1. The van der Waals surface area contributed by atoms with Gasteiger partial charge in [-0.15, -0.1) is 0 Å². The molecule has 2 aliphatic heterocycles. The van der Waals surface area contributed by atoms with Crippen LogP contribution < -0.4 is 10.1 Å². The highest BCUT2D eigenvalue weighted by atomic mass is 16.5. The van der Waals surface area contributed by atoms with Gasteiger partial charge < -0.3 is 29.7 Å².